The highest BCUT2D eigenvalue weighted by atomic mass is 19.4. The monoisotopic (exact) mass is 340 g/mol. The standard InChI is InChI=1S/C18H23F3N2O/c1-22(17(24)18(19,20)21)16-10-14-8-5-9-15(11-16)23(14)12-13-6-3-2-4-7-13/h2-4,6-7,14-16H,5,8-12H2,1H3/t14-,15+,16?. The lowest BCUT2D eigenvalue weighted by atomic mass is 9.81. The molecular formula is C18H23F3N2O. The number of nitrogens with zero attached hydrogens (tertiary/aromatic N) is 2. The second-order valence-electron chi connectivity index (χ2n) is 6.94. The Balaban J connectivity index is 1.70. The SMILES string of the molecule is CN(C(=O)C(F)(F)F)C1C[C@H]2CCC[C@@H](C1)N2Cc1ccccc1. The highest BCUT2D eigenvalue weighted by Gasteiger charge is 2.46. The predicted octanol–water partition coefficient (Wildman–Crippen LogP) is 3.59. The number of halogens is 3. The average molecular weight is 340 g/mol. The van der Waals surface area contributed by atoms with Crippen molar-refractivity contribution < 1.29 is 18.0 Å². The van der Waals surface area contributed by atoms with Crippen LogP contribution in [0.4, 0.5) is 13.2 Å². The number of carbonyl (C=O) groups excluding carboxylic acids is 1. The Morgan fingerprint density at radius 2 is 1.75 bits per heavy atom. The Labute approximate surface area is 140 Å². The Hall–Kier alpha value is -1.56. The number of piperidine rings is 2. The number of rotatable bonds is 3. The molecule has 2 aliphatic rings. The van der Waals surface area contributed by atoms with Crippen LogP contribution >= 0.6 is 0 Å². The van der Waals surface area contributed by atoms with Crippen molar-refractivity contribution in [3.63, 3.8) is 0 Å². The van der Waals surface area contributed by atoms with Crippen molar-refractivity contribution in [1.82, 2.24) is 9.80 Å². The summed E-state index contributed by atoms with van der Waals surface area (Å²) in [6.07, 6.45) is -0.430. The summed E-state index contributed by atoms with van der Waals surface area (Å²) in [5.74, 6) is -1.72. The smallest absolute Gasteiger partial charge is 0.335 e. The fourth-order valence-corrected chi connectivity index (χ4v) is 4.18. The Morgan fingerprint density at radius 1 is 1.17 bits per heavy atom. The van der Waals surface area contributed by atoms with Crippen LogP contribution in [0.1, 0.15) is 37.7 Å². The second-order valence-corrected chi connectivity index (χ2v) is 6.94. The van der Waals surface area contributed by atoms with Crippen LogP contribution in [0.5, 0.6) is 0 Å². The van der Waals surface area contributed by atoms with Crippen LogP contribution in [-0.4, -0.2) is 47.1 Å². The van der Waals surface area contributed by atoms with E-state index in [1.165, 1.54) is 12.6 Å². The fraction of sp³-hybridized carbons (Fsp3) is 0.611. The third kappa shape index (κ3) is 3.58. The van der Waals surface area contributed by atoms with Gasteiger partial charge in [0.1, 0.15) is 0 Å². The van der Waals surface area contributed by atoms with Gasteiger partial charge in [0, 0.05) is 31.7 Å². The molecule has 2 heterocycles. The molecule has 1 amide bonds. The molecule has 0 aliphatic carbocycles. The van der Waals surface area contributed by atoms with Crippen LogP contribution in [0.2, 0.25) is 0 Å². The minimum absolute atomic E-state index is 0.256. The maximum absolute atomic E-state index is 12.7. The lowest BCUT2D eigenvalue weighted by Gasteiger charge is -2.50. The van der Waals surface area contributed by atoms with Crippen LogP contribution in [0.3, 0.4) is 0 Å². The number of carbonyl (C=O) groups is 1. The molecule has 6 heteroatoms. The van der Waals surface area contributed by atoms with Gasteiger partial charge in [0.2, 0.25) is 0 Å². The molecule has 0 aromatic heterocycles. The first-order valence-electron chi connectivity index (χ1n) is 8.50. The molecule has 0 N–H and O–H groups in total. The van der Waals surface area contributed by atoms with Gasteiger partial charge in [-0.15, -0.1) is 0 Å². The zero-order chi connectivity index (χ0) is 17.3. The first-order chi connectivity index (χ1) is 11.4. The van der Waals surface area contributed by atoms with Crippen molar-refractivity contribution in [2.45, 2.75) is 63.0 Å². The number of benzene rings is 1. The summed E-state index contributed by atoms with van der Waals surface area (Å²) in [4.78, 5) is 14.9. The van der Waals surface area contributed by atoms with Gasteiger partial charge in [-0.3, -0.25) is 9.69 Å². The molecule has 1 aromatic rings. The second kappa shape index (κ2) is 6.75. The summed E-state index contributed by atoms with van der Waals surface area (Å²) in [5, 5.41) is 0. The van der Waals surface area contributed by atoms with E-state index in [0.29, 0.717) is 12.8 Å². The van der Waals surface area contributed by atoms with Gasteiger partial charge in [-0.2, -0.15) is 13.2 Å². The van der Waals surface area contributed by atoms with Gasteiger partial charge in [0.15, 0.2) is 0 Å². The lowest BCUT2D eigenvalue weighted by Crippen LogP contribution is -2.57. The summed E-state index contributed by atoms with van der Waals surface area (Å²) in [6.45, 7) is 0.833. The molecule has 3 atom stereocenters. The summed E-state index contributed by atoms with van der Waals surface area (Å²) >= 11 is 0. The molecule has 2 saturated heterocycles. The van der Waals surface area contributed by atoms with E-state index in [0.717, 1.165) is 30.7 Å². The first kappa shape index (κ1) is 17.3. The van der Waals surface area contributed by atoms with Crippen LogP contribution in [-0.2, 0) is 11.3 Å². The molecular weight excluding hydrogens is 317 g/mol. The molecule has 3 rings (SSSR count). The highest BCUT2D eigenvalue weighted by molar-refractivity contribution is 5.81. The van der Waals surface area contributed by atoms with E-state index in [1.54, 1.807) is 0 Å². The van der Waals surface area contributed by atoms with E-state index in [2.05, 4.69) is 17.0 Å². The van der Waals surface area contributed by atoms with Gasteiger partial charge in [0.25, 0.3) is 0 Å². The summed E-state index contributed by atoms with van der Waals surface area (Å²) < 4.78 is 38.1. The number of fused-ring (bicyclic) bond motifs is 2. The summed E-state index contributed by atoms with van der Waals surface area (Å²) in [7, 11) is 1.29. The van der Waals surface area contributed by atoms with E-state index in [-0.39, 0.29) is 18.1 Å². The van der Waals surface area contributed by atoms with Crippen molar-refractivity contribution in [1.29, 1.82) is 0 Å². The van der Waals surface area contributed by atoms with Crippen LogP contribution in [0.15, 0.2) is 30.3 Å². The molecule has 1 aromatic carbocycles. The summed E-state index contributed by atoms with van der Waals surface area (Å²) in [5.41, 5.74) is 1.23. The lowest BCUT2D eigenvalue weighted by molar-refractivity contribution is -0.188. The van der Waals surface area contributed by atoms with Crippen LogP contribution in [0.25, 0.3) is 0 Å². The number of amides is 1. The van der Waals surface area contributed by atoms with Gasteiger partial charge in [0.05, 0.1) is 0 Å². The maximum Gasteiger partial charge on any atom is 0.471 e. The number of hydrogen-bond acceptors (Lipinski definition) is 2. The van der Waals surface area contributed by atoms with Crippen molar-refractivity contribution in [2.75, 3.05) is 7.05 Å². The van der Waals surface area contributed by atoms with Crippen molar-refractivity contribution in [3.8, 4) is 0 Å². The zero-order valence-electron chi connectivity index (χ0n) is 13.8. The average Bonchev–Trinajstić information content (AvgIpc) is 2.53. The quantitative estimate of drug-likeness (QED) is 0.839. The van der Waals surface area contributed by atoms with E-state index >= 15 is 0 Å². The van der Waals surface area contributed by atoms with Crippen molar-refractivity contribution >= 4 is 5.91 Å². The molecule has 24 heavy (non-hydrogen) atoms. The maximum atomic E-state index is 12.7. The molecule has 0 radical (unpaired) electrons. The Bertz CT molecular complexity index is 561. The number of hydrogen-bond donors (Lipinski definition) is 0. The third-order valence-corrected chi connectivity index (χ3v) is 5.42. The minimum atomic E-state index is -4.79. The molecule has 0 spiro atoms. The molecule has 1 unspecified atom stereocenters. The summed E-state index contributed by atoms with van der Waals surface area (Å²) in [6, 6.07) is 10.4. The highest BCUT2D eigenvalue weighted by Crippen LogP contribution is 2.37. The number of alkyl halides is 3. The van der Waals surface area contributed by atoms with E-state index < -0.39 is 12.1 Å². The van der Waals surface area contributed by atoms with E-state index in [9.17, 15) is 18.0 Å². The molecule has 3 nitrogen and oxygen atoms in total. The minimum Gasteiger partial charge on any atom is -0.335 e. The van der Waals surface area contributed by atoms with Crippen molar-refractivity contribution in [3.05, 3.63) is 35.9 Å². The largest absolute Gasteiger partial charge is 0.471 e. The molecule has 2 aliphatic heterocycles. The zero-order valence-corrected chi connectivity index (χ0v) is 13.8. The van der Waals surface area contributed by atoms with Crippen LogP contribution in [0, 0.1) is 0 Å². The molecule has 2 fully saturated rings. The van der Waals surface area contributed by atoms with Gasteiger partial charge < -0.3 is 4.90 Å². The fourth-order valence-electron chi connectivity index (χ4n) is 4.18. The van der Waals surface area contributed by atoms with Crippen LogP contribution < -0.4 is 0 Å². The van der Waals surface area contributed by atoms with Gasteiger partial charge in [-0.1, -0.05) is 36.8 Å². The normalized spacial score (nSPS) is 27.8. The first-order valence-corrected chi connectivity index (χ1v) is 8.50. The predicted molar refractivity (Wildman–Crippen MR) is 85.3 cm³/mol. The Morgan fingerprint density at radius 3 is 2.29 bits per heavy atom. The van der Waals surface area contributed by atoms with E-state index in [4.69, 9.17) is 0 Å². The van der Waals surface area contributed by atoms with Gasteiger partial charge in [-0.05, 0) is 31.2 Å². The van der Waals surface area contributed by atoms with E-state index in [1.807, 2.05) is 18.2 Å². The molecule has 0 saturated carbocycles. The van der Waals surface area contributed by atoms with Gasteiger partial charge in [-0.25, -0.2) is 0 Å². The third-order valence-electron chi connectivity index (χ3n) is 5.42. The molecule has 132 valence electrons. The Kier molecular flexibility index (Phi) is 4.85. The van der Waals surface area contributed by atoms with Gasteiger partial charge >= 0.3 is 12.1 Å². The topological polar surface area (TPSA) is 23.6 Å². The van der Waals surface area contributed by atoms with Crippen molar-refractivity contribution in [2.24, 2.45) is 0 Å². The molecule has 2 bridgehead atoms.